The summed E-state index contributed by atoms with van der Waals surface area (Å²) >= 11 is 11.8. The van der Waals surface area contributed by atoms with Gasteiger partial charge in [0.05, 0.1) is 34.3 Å². The number of hydrogen-bond acceptors (Lipinski definition) is 2. The van der Waals surface area contributed by atoms with Gasteiger partial charge in [-0.05, 0) is 31.2 Å². The number of imide groups is 1. The maximum Gasteiger partial charge on any atom is 0.261 e. The summed E-state index contributed by atoms with van der Waals surface area (Å²) in [5.74, 6) is -1.09. The summed E-state index contributed by atoms with van der Waals surface area (Å²) in [4.78, 5) is 25.8. The van der Waals surface area contributed by atoms with Gasteiger partial charge in [0.2, 0.25) is 0 Å². The van der Waals surface area contributed by atoms with E-state index in [1.54, 1.807) is 24.3 Å². The van der Waals surface area contributed by atoms with Gasteiger partial charge in [-0.2, -0.15) is 0 Å². The molecule has 1 heterocycles. The predicted octanol–water partition coefficient (Wildman–Crippen LogP) is 3.05. The van der Waals surface area contributed by atoms with Gasteiger partial charge in [0, 0.05) is 5.56 Å². The average molecular weight is 382 g/mol. The Labute approximate surface area is 154 Å². The Bertz CT molecular complexity index is 822. The van der Waals surface area contributed by atoms with Crippen molar-refractivity contribution in [1.29, 1.82) is 0 Å². The van der Waals surface area contributed by atoms with E-state index in [9.17, 15) is 14.0 Å². The Morgan fingerprint density at radius 1 is 1.08 bits per heavy atom. The number of nitrogens with two attached hydrogens (primary N) is 1. The molecule has 0 fully saturated rings. The summed E-state index contributed by atoms with van der Waals surface area (Å²) < 4.78 is 13.6. The first-order valence-electron chi connectivity index (χ1n) is 7.83. The second-order valence-corrected chi connectivity index (χ2v) is 6.72. The third-order valence-electron chi connectivity index (χ3n) is 4.28. The van der Waals surface area contributed by atoms with Crippen LogP contribution < -0.4 is 5.32 Å². The van der Waals surface area contributed by atoms with Gasteiger partial charge < -0.3 is 5.32 Å². The fourth-order valence-electron chi connectivity index (χ4n) is 2.91. The van der Waals surface area contributed by atoms with Crippen LogP contribution in [-0.4, -0.2) is 29.8 Å². The topological polar surface area (TPSA) is 54.0 Å². The standard InChI is InChI=1S/C18H15Cl2FN2O2/c1-10(13-8-16(21)15(20)9-14(13)19)22-6-7-23-17(24)11-4-2-3-5-12(11)18(23)25/h2-5,8-10,22H,6-7H2,1H3/p+1/t10-/m0/s1. The summed E-state index contributed by atoms with van der Waals surface area (Å²) in [6.07, 6.45) is 0. The van der Waals surface area contributed by atoms with Crippen molar-refractivity contribution in [3.8, 4) is 0 Å². The minimum absolute atomic E-state index is 0.0213. The quantitative estimate of drug-likeness (QED) is 0.639. The van der Waals surface area contributed by atoms with Crippen LogP contribution in [0, 0.1) is 5.82 Å². The molecule has 1 aliphatic heterocycles. The fourth-order valence-corrected chi connectivity index (χ4v) is 3.46. The summed E-state index contributed by atoms with van der Waals surface area (Å²) in [5.41, 5.74) is 1.48. The molecule has 0 unspecified atom stereocenters. The molecule has 0 aliphatic carbocycles. The van der Waals surface area contributed by atoms with Crippen molar-refractivity contribution in [1.82, 2.24) is 4.90 Å². The summed E-state index contributed by atoms with van der Waals surface area (Å²) in [6, 6.07) is 9.32. The lowest BCUT2D eigenvalue weighted by Crippen LogP contribution is -2.86. The van der Waals surface area contributed by atoms with Crippen LogP contribution in [0.3, 0.4) is 0 Å². The maximum atomic E-state index is 13.6. The minimum Gasteiger partial charge on any atom is -0.339 e. The monoisotopic (exact) mass is 381 g/mol. The second-order valence-electron chi connectivity index (χ2n) is 5.91. The van der Waals surface area contributed by atoms with Gasteiger partial charge in [-0.3, -0.25) is 14.5 Å². The zero-order valence-corrected chi connectivity index (χ0v) is 14.9. The van der Waals surface area contributed by atoms with Crippen LogP contribution in [0.15, 0.2) is 36.4 Å². The maximum absolute atomic E-state index is 13.6. The van der Waals surface area contributed by atoms with Crippen LogP contribution in [0.5, 0.6) is 0 Å². The molecule has 2 aromatic rings. The van der Waals surface area contributed by atoms with Crippen molar-refractivity contribution in [2.45, 2.75) is 13.0 Å². The molecule has 0 aromatic heterocycles. The lowest BCUT2D eigenvalue weighted by Gasteiger charge is -2.16. The fraction of sp³-hybridized carbons (Fsp3) is 0.222. The summed E-state index contributed by atoms with van der Waals surface area (Å²) in [6.45, 7) is 2.62. The lowest BCUT2D eigenvalue weighted by molar-refractivity contribution is -0.691. The van der Waals surface area contributed by atoms with Crippen LogP contribution in [-0.2, 0) is 0 Å². The number of nitrogens with zero attached hydrogens (tertiary/aromatic N) is 1. The first-order chi connectivity index (χ1) is 11.9. The molecule has 0 radical (unpaired) electrons. The number of hydrogen-bond donors (Lipinski definition) is 1. The van der Waals surface area contributed by atoms with E-state index < -0.39 is 5.82 Å². The molecule has 0 spiro atoms. The zero-order chi connectivity index (χ0) is 18.1. The van der Waals surface area contributed by atoms with Crippen LogP contribution >= 0.6 is 23.2 Å². The SMILES string of the molecule is C[C@H]([NH2+]CCN1C(=O)c2ccccc2C1=O)c1cc(F)c(Cl)cc1Cl. The summed E-state index contributed by atoms with van der Waals surface area (Å²) in [5, 5.41) is 2.26. The number of quaternary nitrogens is 1. The highest BCUT2D eigenvalue weighted by Crippen LogP contribution is 2.27. The van der Waals surface area contributed by atoms with Crippen LogP contribution in [0.4, 0.5) is 4.39 Å². The first kappa shape index (κ1) is 17.9. The molecule has 2 N–H and O–H groups in total. The minimum atomic E-state index is -0.526. The van der Waals surface area contributed by atoms with Crippen LogP contribution in [0.1, 0.15) is 39.2 Å². The van der Waals surface area contributed by atoms with Gasteiger partial charge in [-0.1, -0.05) is 35.3 Å². The Morgan fingerprint density at radius 2 is 1.68 bits per heavy atom. The number of benzene rings is 2. The van der Waals surface area contributed by atoms with Crippen molar-refractivity contribution in [2.24, 2.45) is 0 Å². The van der Waals surface area contributed by atoms with E-state index in [-0.39, 0.29) is 29.4 Å². The van der Waals surface area contributed by atoms with Gasteiger partial charge >= 0.3 is 0 Å². The van der Waals surface area contributed by atoms with E-state index in [1.165, 1.54) is 17.0 Å². The van der Waals surface area contributed by atoms with Gasteiger partial charge in [0.1, 0.15) is 11.9 Å². The number of amides is 2. The molecule has 2 aromatic carbocycles. The van der Waals surface area contributed by atoms with Crippen molar-refractivity contribution in [2.75, 3.05) is 13.1 Å². The molecule has 4 nitrogen and oxygen atoms in total. The number of fused-ring (bicyclic) bond motifs is 1. The number of halogens is 3. The summed E-state index contributed by atoms with van der Waals surface area (Å²) in [7, 11) is 0. The smallest absolute Gasteiger partial charge is 0.261 e. The molecule has 2 amide bonds. The highest BCUT2D eigenvalue weighted by molar-refractivity contribution is 6.35. The second kappa shape index (κ2) is 7.12. The van der Waals surface area contributed by atoms with E-state index in [4.69, 9.17) is 23.2 Å². The highest BCUT2D eigenvalue weighted by atomic mass is 35.5. The molecule has 1 aliphatic rings. The molecule has 0 saturated heterocycles. The Balaban J connectivity index is 1.63. The average Bonchev–Trinajstić information content (AvgIpc) is 2.83. The first-order valence-corrected chi connectivity index (χ1v) is 8.58. The van der Waals surface area contributed by atoms with Crippen molar-refractivity contribution in [3.05, 3.63) is 69.0 Å². The van der Waals surface area contributed by atoms with Gasteiger partial charge in [0.25, 0.3) is 11.8 Å². The largest absolute Gasteiger partial charge is 0.339 e. The number of rotatable bonds is 5. The van der Waals surface area contributed by atoms with E-state index in [2.05, 4.69) is 0 Å². The molecule has 1 atom stereocenters. The van der Waals surface area contributed by atoms with Crippen molar-refractivity contribution in [3.63, 3.8) is 0 Å². The molecule has 7 heteroatoms. The molecule has 0 bridgehead atoms. The molecule has 25 heavy (non-hydrogen) atoms. The van der Waals surface area contributed by atoms with Crippen molar-refractivity contribution < 1.29 is 19.3 Å². The van der Waals surface area contributed by atoms with Crippen LogP contribution in [0.25, 0.3) is 0 Å². The van der Waals surface area contributed by atoms with E-state index in [1.807, 2.05) is 12.2 Å². The van der Waals surface area contributed by atoms with Gasteiger partial charge in [0.15, 0.2) is 0 Å². The predicted molar refractivity (Wildman–Crippen MR) is 93.4 cm³/mol. The van der Waals surface area contributed by atoms with Crippen LogP contribution in [0.2, 0.25) is 10.0 Å². The normalized spacial score (nSPS) is 14.8. The Kier molecular flexibility index (Phi) is 5.08. The Morgan fingerprint density at radius 3 is 2.28 bits per heavy atom. The molecular weight excluding hydrogens is 366 g/mol. The number of carbonyl (C=O) groups excluding carboxylic acids is 2. The molecular formula is C18H16Cl2FN2O2+. The van der Waals surface area contributed by atoms with E-state index >= 15 is 0 Å². The lowest BCUT2D eigenvalue weighted by atomic mass is 10.1. The zero-order valence-electron chi connectivity index (χ0n) is 13.4. The Hall–Kier alpha value is -1.95. The molecule has 0 saturated carbocycles. The molecule has 130 valence electrons. The van der Waals surface area contributed by atoms with Crippen molar-refractivity contribution >= 4 is 35.0 Å². The van der Waals surface area contributed by atoms with Gasteiger partial charge in [-0.25, -0.2) is 4.39 Å². The third kappa shape index (κ3) is 3.40. The van der Waals surface area contributed by atoms with E-state index in [0.717, 1.165) is 0 Å². The molecule has 3 rings (SSSR count). The van der Waals surface area contributed by atoms with E-state index in [0.29, 0.717) is 28.3 Å². The number of carbonyl (C=O) groups is 2. The van der Waals surface area contributed by atoms with Gasteiger partial charge in [-0.15, -0.1) is 0 Å². The highest BCUT2D eigenvalue weighted by Gasteiger charge is 2.35. The third-order valence-corrected chi connectivity index (χ3v) is 4.90.